The molecule has 0 aliphatic carbocycles. The van der Waals surface area contributed by atoms with Gasteiger partial charge in [0.25, 0.3) is 0 Å². The maximum Gasteiger partial charge on any atom is 0.141 e. The predicted molar refractivity (Wildman–Crippen MR) is 76.4 cm³/mol. The van der Waals surface area contributed by atoms with Crippen molar-refractivity contribution >= 4 is 11.6 Å². The van der Waals surface area contributed by atoms with Crippen LogP contribution in [0.4, 0.5) is 0 Å². The molecule has 1 aliphatic heterocycles. The van der Waals surface area contributed by atoms with Crippen molar-refractivity contribution in [3.63, 3.8) is 0 Å². The van der Waals surface area contributed by atoms with Crippen molar-refractivity contribution in [3.05, 3.63) is 47.0 Å². The van der Waals surface area contributed by atoms with Crippen LogP contribution in [-0.4, -0.2) is 39.8 Å². The highest BCUT2D eigenvalue weighted by molar-refractivity contribution is 6.31. The van der Waals surface area contributed by atoms with Crippen LogP contribution in [0.5, 0.6) is 0 Å². The molecule has 6 heteroatoms. The highest BCUT2D eigenvalue weighted by atomic mass is 35.5. The second-order valence-electron chi connectivity index (χ2n) is 5.00. The van der Waals surface area contributed by atoms with Crippen LogP contribution >= 0.6 is 11.6 Å². The van der Waals surface area contributed by atoms with Crippen molar-refractivity contribution < 1.29 is 4.74 Å². The van der Waals surface area contributed by atoms with Crippen LogP contribution in [0.15, 0.2) is 30.6 Å². The maximum atomic E-state index is 6.25. The van der Waals surface area contributed by atoms with Gasteiger partial charge in [-0.2, -0.15) is 5.10 Å². The first-order valence-corrected chi connectivity index (χ1v) is 7.01. The first kappa shape index (κ1) is 13.5. The van der Waals surface area contributed by atoms with Gasteiger partial charge in [0.2, 0.25) is 0 Å². The van der Waals surface area contributed by atoms with Crippen molar-refractivity contribution in [1.29, 1.82) is 0 Å². The van der Waals surface area contributed by atoms with Gasteiger partial charge in [0.15, 0.2) is 0 Å². The molecular formula is C14H17ClN4O. The molecule has 3 rings (SSSR count). The second kappa shape index (κ2) is 5.91. The van der Waals surface area contributed by atoms with Gasteiger partial charge < -0.3 is 4.74 Å². The number of nitrogens with one attached hydrogen (secondary N) is 1. The second-order valence-corrected chi connectivity index (χ2v) is 5.41. The Balaban J connectivity index is 1.81. The van der Waals surface area contributed by atoms with Crippen LogP contribution in [0, 0.1) is 0 Å². The van der Waals surface area contributed by atoms with Gasteiger partial charge in [0.1, 0.15) is 12.2 Å². The van der Waals surface area contributed by atoms with Crippen molar-refractivity contribution in [2.75, 3.05) is 13.7 Å². The Hall–Kier alpha value is -1.43. The largest absolute Gasteiger partial charge is 0.380 e. The molecule has 0 saturated carbocycles. The Morgan fingerprint density at radius 3 is 3.00 bits per heavy atom. The summed E-state index contributed by atoms with van der Waals surface area (Å²) < 4.78 is 5.50. The summed E-state index contributed by atoms with van der Waals surface area (Å²) in [7, 11) is 1.75. The van der Waals surface area contributed by atoms with Crippen LogP contribution in [-0.2, 0) is 11.3 Å². The molecule has 2 atom stereocenters. The minimum Gasteiger partial charge on any atom is -0.380 e. The smallest absolute Gasteiger partial charge is 0.141 e. The fraction of sp³-hybridized carbons (Fsp3) is 0.429. The van der Waals surface area contributed by atoms with E-state index in [0.29, 0.717) is 0 Å². The number of rotatable bonds is 4. The molecule has 1 N–H and O–H groups in total. The molecular weight excluding hydrogens is 276 g/mol. The van der Waals surface area contributed by atoms with Crippen molar-refractivity contribution in [2.45, 2.75) is 25.1 Å². The van der Waals surface area contributed by atoms with Gasteiger partial charge in [0.05, 0.1) is 12.1 Å². The molecule has 0 radical (unpaired) electrons. The molecule has 20 heavy (non-hydrogen) atoms. The molecule has 0 bridgehead atoms. The number of hydrogen-bond donors (Lipinski definition) is 1. The number of aromatic nitrogens is 3. The summed E-state index contributed by atoms with van der Waals surface area (Å²) in [5, 5.41) is 7.71. The number of H-pyrrole nitrogens is 1. The quantitative estimate of drug-likeness (QED) is 0.940. The zero-order chi connectivity index (χ0) is 13.9. The Bertz CT molecular complexity index is 560. The summed E-state index contributed by atoms with van der Waals surface area (Å²) >= 11 is 6.25. The van der Waals surface area contributed by atoms with Crippen LogP contribution in [0.2, 0.25) is 5.02 Å². The highest BCUT2D eigenvalue weighted by Gasteiger charge is 2.35. The Kier molecular flexibility index (Phi) is 4.00. The summed E-state index contributed by atoms with van der Waals surface area (Å²) in [6, 6.07) is 8.12. The number of likely N-dealkylation sites (tertiary alicyclic amines) is 1. The highest BCUT2D eigenvalue weighted by Crippen LogP contribution is 2.33. The molecule has 0 spiro atoms. The zero-order valence-electron chi connectivity index (χ0n) is 11.3. The number of methoxy groups -OCH3 is 1. The third-order valence-corrected chi connectivity index (χ3v) is 4.15. The maximum absolute atomic E-state index is 6.25. The summed E-state index contributed by atoms with van der Waals surface area (Å²) in [5.41, 5.74) is 1.12. The lowest BCUT2D eigenvalue weighted by Gasteiger charge is -2.22. The normalized spacial score (nSPS) is 23.3. The van der Waals surface area contributed by atoms with Gasteiger partial charge in [-0.3, -0.25) is 10.00 Å². The average molecular weight is 293 g/mol. The zero-order valence-corrected chi connectivity index (χ0v) is 12.0. The SMILES string of the molecule is CO[C@@H]1C[C@@H](c2ncn[nH]2)N(Cc2ccccc2Cl)C1. The molecule has 0 amide bonds. The van der Waals surface area contributed by atoms with Crippen molar-refractivity contribution in [2.24, 2.45) is 0 Å². The monoisotopic (exact) mass is 292 g/mol. The van der Waals surface area contributed by atoms with E-state index in [1.165, 1.54) is 0 Å². The van der Waals surface area contributed by atoms with Crippen LogP contribution < -0.4 is 0 Å². The number of halogens is 1. The van der Waals surface area contributed by atoms with Gasteiger partial charge in [-0.15, -0.1) is 0 Å². The van der Waals surface area contributed by atoms with E-state index in [1.807, 2.05) is 18.2 Å². The van der Waals surface area contributed by atoms with Crippen LogP contribution in [0.1, 0.15) is 23.9 Å². The average Bonchev–Trinajstić information content (AvgIpc) is 3.10. The fourth-order valence-electron chi connectivity index (χ4n) is 2.71. The molecule has 2 aromatic rings. The van der Waals surface area contributed by atoms with Crippen molar-refractivity contribution in [1.82, 2.24) is 20.1 Å². The van der Waals surface area contributed by atoms with Gasteiger partial charge in [-0.1, -0.05) is 29.8 Å². The van der Waals surface area contributed by atoms with Gasteiger partial charge in [-0.05, 0) is 18.1 Å². The first-order chi connectivity index (χ1) is 9.78. The summed E-state index contributed by atoms with van der Waals surface area (Å²) in [6.45, 7) is 1.65. The van der Waals surface area contributed by atoms with Gasteiger partial charge in [-0.25, -0.2) is 4.98 Å². The van der Waals surface area contributed by atoms with Crippen molar-refractivity contribution in [3.8, 4) is 0 Å². The van der Waals surface area contributed by atoms with Gasteiger partial charge in [0, 0.05) is 25.2 Å². The third-order valence-electron chi connectivity index (χ3n) is 3.78. The van der Waals surface area contributed by atoms with E-state index in [0.717, 1.165) is 35.9 Å². The lowest BCUT2D eigenvalue weighted by molar-refractivity contribution is 0.107. The summed E-state index contributed by atoms with van der Waals surface area (Å²) in [5.74, 6) is 0.886. The predicted octanol–water partition coefficient (Wildman–Crippen LogP) is 2.42. The van der Waals surface area contributed by atoms with Crippen LogP contribution in [0.3, 0.4) is 0 Å². The molecule has 5 nitrogen and oxygen atoms in total. The lowest BCUT2D eigenvalue weighted by atomic mass is 10.1. The summed E-state index contributed by atoms with van der Waals surface area (Å²) in [6.07, 6.45) is 2.67. The lowest BCUT2D eigenvalue weighted by Crippen LogP contribution is -2.25. The molecule has 1 aliphatic rings. The minimum absolute atomic E-state index is 0.193. The topological polar surface area (TPSA) is 54.0 Å². The Morgan fingerprint density at radius 1 is 1.45 bits per heavy atom. The van der Waals surface area contributed by atoms with E-state index >= 15 is 0 Å². The number of aromatic amines is 1. The fourth-order valence-corrected chi connectivity index (χ4v) is 2.91. The number of ether oxygens (including phenoxy) is 1. The van der Waals surface area contributed by atoms with E-state index < -0.39 is 0 Å². The van der Waals surface area contributed by atoms with E-state index in [2.05, 4.69) is 26.1 Å². The van der Waals surface area contributed by atoms with E-state index in [1.54, 1.807) is 13.4 Å². The molecule has 1 aromatic carbocycles. The number of hydrogen-bond acceptors (Lipinski definition) is 4. The van der Waals surface area contributed by atoms with Gasteiger partial charge >= 0.3 is 0 Å². The standard InChI is InChI=1S/C14H17ClN4O/c1-20-11-6-13(14-16-9-17-18-14)19(8-11)7-10-4-2-3-5-12(10)15/h2-5,9,11,13H,6-8H2,1H3,(H,16,17,18)/t11-,13+/m1/s1. The number of nitrogens with zero attached hydrogens (tertiary/aromatic N) is 3. The third kappa shape index (κ3) is 2.70. The molecule has 1 aromatic heterocycles. The Labute approximate surface area is 122 Å². The van der Waals surface area contributed by atoms with E-state index in [4.69, 9.17) is 16.3 Å². The molecule has 1 fully saturated rings. The summed E-state index contributed by atoms with van der Waals surface area (Å²) in [4.78, 5) is 6.61. The van der Waals surface area contributed by atoms with E-state index in [-0.39, 0.29) is 12.1 Å². The first-order valence-electron chi connectivity index (χ1n) is 6.63. The molecule has 2 heterocycles. The minimum atomic E-state index is 0.193. The molecule has 106 valence electrons. The van der Waals surface area contributed by atoms with E-state index in [9.17, 15) is 0 Å². The molecule has 1 saturated heterocycles. The van der Waals surface area contributed by atoms with Crippen LogP contribution in [0.25, 0.3) is 0 Å². The number of benzene rings is 1. The Morgan fingerprint density at radius 2 is 2.30 bits per heavy atom. The molecule has 0 unspecified atom stereocenters.